The maximum absolute atomic E-state index is 15.5. The lowest BCUT2D eigenvalue weighted by molar-refractivity contribution is -0.146. The molecule has 5 rings (SSSR count). The van der Waals surface area contributed by atoms with Crippen molar-refractivity contribution in [3.05, 3.63) is 63.0 Å². The smallest absolute Gasteiger partial charge is 0.338 e. The molecule has 0 unspecified atom stereocenters. The van der Waals surface area contributed by atoms with Gasteiger partial charge in [0.25, 0.3) is 5.92 Å². The fourth-order valence-electron chi connectivity index (χ4n) is 5.78. The first-order valence-electron chi connectivity index (χ1n) is 14.5. The summed E-state index contributed by atoms with van der Waals surface area (Å²) in [6.07, 6.45) is 1.55. The number of amides is 3. The minimum atomic E-state index is -3.53. The van der Waals surface area contributed by atoms with Gasteiger partial charge in [-0.1, -0.05) is 12.1 Å². The van der Waals surface area contributed by atoms with Crippen molar-refractivity contribution in [2.45, 2.75) is 45.7 Å². The zero-order valence-electron chi connectivity index (χ0n) is 25.5. The quantitative estimate of drug-likeness (QED) is 0.344. The Morgan fingerprint density at radius 3 is 2.67 bits per heavy atom. The molecule has 4 heterocycles. The molecule has 16 heteroatoms. The lowest BCUT2D eigenvalue weighted by Gasteiger charge is -2.31. The molecule has 3 atom stereocenters. The molecule has 0 bridgehead atoms. The molecule has 3 aliphatic heterocycles. The normalized spacial score (nSPS) is 22.8. The monoisotopic (exact) mass is 662 g/mol. The van der Waals surface area contributed by atoms with E-state index < -0.39 is 65.6 Å². The summed E-state index contributed by atoms with van der Waals surface area (Å²) in [7, 11) is 0. The van der Waals surface area contributed by atoms with Crippen molar-refractivity contribution in [1.82, 2.24) is 25.4 Å². The number of alkyl halides is 2. The van der Waals surface area contributed by atoms with Gasteiger partial charge in [-0.25, -0.2) is 27.7 Å². The number of esters is 1. The molecule has 2 fully saturated rings. The minimum Gasteiger partial charge on any atom is -0.481 e. The van der Waals surface area contributed by atoms with Gasteiger partial charge in [-0.15, -0.1) is 11.3 Å². The molecule has 0 aliphatic carbocycles. The predicted molar refractivity (Wildman–Crippen MR) is 160 cm³/mol. The van der Waals surface area contributed by atoms with E-state index in [1.54, 1.807) is 31.5 Å². The summed E-state index contributed by atoms with van der Waals surface area (Å²) in [5, 5.41) is 16.9. The number of imide groups is 1. The molecule has 246 valence electrons. The van der Waals surface area contributed by atoms with Gasteiger partial charge in [0.15, 0.2) is 10.8 Å². The van der Waals surface area contributed by atoms with Crippen LogP contribution >= 0.6 is 11.3 Å². The number of nitrogens with zero attached hydrogens (tertiary/aromatic N) is 4. The molecule has 3 amide bonds. The zero-order chi connectivity index (χ0) is 33.6. The summed E-state index contributed by atoms with van der Waals surface area (Å²) in [6.45, 7) is 4.03. The Morgan fingerprint density at radius 1 is 1.28 bits per heavy atom. The summed E-state index contributed by atoms with van der Waals surface area (Å²) in [5.74, 6) is -8.73. The predicted octanol–water partition coefficient (Wildman–Crippen LogP) is 3.10. The standard InChI is InChI=1S/C30H33F3N6O6S/c1-5-45-26(41)20-18(36-23(24-34-9-10-46-24)37-22(20)16-7-6-8-17(31)15(16)2)11-38-14-30(32,33)21-19(38)12-39(25(21)40)28(44)35-13-29(3,4)27(42)43/h6-10,19,21-22H,5,11-14H2,1-4H3,(H,35,44)(H,36,37)(H,42,43)/t19-,21-,22-/m0/s1. The first-order chi connectivity index (χ1) is 21.7. The van der Waals surface area contributed by atoms with E-state index in [2.05, 4.69) is 15.6 Å². The van der Waals surface area contributed by atoms with Crippen molar-refractivity contribution < 1.29 is 42.2 Å². The molecule has 1 aromatic heterocycles. The molecule has 0 saturated carbocycles. The number of benzene rings is 1. The number of aliphatic carboxylic acids is 1. The lowest BCUT2D eigenvalue weighted by atomic mass is 9.92. The number of nitrogens with one attached hydrogen (secondary N) is 2. The number of likely N-dealkylation sites (tertiary alicyclic amines) is 2. The van der Waals surface area contributed by atoms with Crippen LogP contribution in [0.1, 0.15) is 42.9 Å². The highest BCUT2D eigenvalue weighted by molar-refractivity contribution is 7.11. The molecule has 0 radical (unpaired) electrons. The van der Waals surface area contributed by atoms with Gasteiger partial charge in [-0.05, 0) is 44.9 Å². The number of aromatic nitrogens is 1. The van der Waals surface area contributed by atoms with E-state index in [0.717, 1.165) is 0 Å². The van der Waals surface area contributed by atoms with Crippen LogP contribution in [-0.4, -0.2) is 94.4 Å². The van der Waals surface area contributed by atoms with E-state index in [9.17, 15) is 28.7 Å². The van der Waals surface area contributed by atoms with E-state index in [-0.39, 0.29) is 48.9 Å². The van der Waals surface area contributed by atoms with Crippen molar-refractivity contribution in [2.24, 2.45) is 16.3 Å². The number of aliphatic imine (C=N–C) groups is 1. The van der Waals surface area contributed by atoms with Crippen LogP contribution in [0.3, 0.4) is 0 Å². The van der Waals surface area contributed by atoms with Crippen LogP contribution in [0.4, 0.5) is 18.0 Å². The number of fused-ring (bicyclic) bond motifs is 1. The molecule has 3 N–H and O–H groups in total. The first-order valence-corrected chi connectivity index (χ1v) is 15.4. The Balaban J connectivity index is 1.51. The van der Waals surface area contributed by atoms with Gasteiger partial charge in [0.05, 0.1) is 24.1 Å². The van der Waals surface area contributed by atoms with Crippen molar-refractivity contribution in [2.75, 3.05) is 32.8 Å². The molecule has 1 aromatic carbocycles. The fourth-order valence-corrected chi connectivity index (χ4v) is 6.37. The third-order valence-corrected chi connectivity index (χ3v) is 9.13. The van der Waals surface area contributed by atoms with Crippen LogP contribution in [0.15, 0.2) is 46.0 Å². The largest absolute Gasteiger partial charge is 0.481 e. The number of carboxylic acids is 1. The summed E-state index contributed by atoms with van der Waals surface area (Å²) >= 11 is 1.24. The summed E-state index contributed by atoms with van der Waals surface area (Å²) in [5.41, 5.74) is -0.622. The highest BCUT2D eigenvalue weighted by Gasteiger charge is 2.63. The molecule has 2 aromatic rings. The zero-order valence-corrected chi connectivity index (χ0v) is 26.3. The van der Waals surface area contributed by atoms with Crippen molar-refractivity contribution in [3.63, 3.8) is 0 Å². The van der Waals surface area contributed by atoms with Crippen LogP contribution in [0, 0.1) is 24.1 Å². The maximum atomic E-state index is 15.5. The van der Waals surface area contributed by atoms with Crippen LogP contribution in [0.25, 0.3) is 0 Å². The number of carbonyl (C=O) groups is 4. The minimum absolute atomic E-state index is 0.00272. The molecule has 3 aliphatic rings. The SMILES string of the molecule is CCOC(=O)C1=C(CN2CC(F)(F)[C@@H]3C(=O)N(C(=O)NCC(C)(C)C(=O)O)C[C@@H]32)NC(c2nccs2)=N[C@H]1c1cccc(F)c1C. The highest BCUT2D eigenvalue weighted by Crippen LogP contribution is 2.44. The number of thiazole rings is 1. The topological polar surface area (TPSA) is 154 Å². The summed E-state index contributed by atoms with van der Waals surface area (Å²) in [4.78, 5) is 62.0. The highest BCUT2D eigenvalue weighted by atomic mass is 32.1. The lowest BCUT2D eigenvalue weighted by Crippen LogP contribution is -2.49. The molecular weight excluding hydrogens is 629 g/mol. The molecule has 12 nitrogen and oxygen atoms in total. The maximum Gasteiger partial charge on any atom is 0.338 e. The number of ether oxygens (including phenoxy) is 1. The molecular formula is C30H33F3N6O6S. The van der Waals surface area contributed by atoms with Gasteiger partial charge in [0.1, 0.15) is 17.8 Å². The molecule has 46 heavy (non-hydrogen) atoms. The van der Waals surface area contributed by atoms with Crippen LogP contribution in [0.5, 0.6) is 0 Å². The van der Waals surface area contributed by atoms with E-state index in [1.807, 2.05) is 0 Å². The number of hydrogen-bond acceptors (Lipinski definition) is 10. The Hall–Kier alpha value is -4.31. The van der Waals surface area contributed by atoms with Crippen LogP contribution in [-0.2, 0) is 19.1 Å². The molecule has 2 saturated heterocycles. The number of amidine groups is 1. The second-order valence-electron chi connectivity index (χ2n) is 11.9. The number of rotatable bonds is 9. The van der Waals surface area contributed by atoms with Gasteiger partial charge in [-0.2, -0.15) is 0 Å². The third kappa shape index (κ3) is 6.10. The number of urea groups is 1. The van der Waals surface area contributed by atoms with Gasteiger partial charge < -0.3 is 20.5 Å². The average Bonchev–Trinajstić information content (AvgIpc) is 3.70. The number of hydrogen-bond donors (Lipinski definition) is 3. The number of carbonyl (C=O) groups excluding carboxylic acids is 3. The van der Waals surface area contributed by atoms with Crippen LogP contribution in [0.2, 0.25) is 0 Å². The van der Waals surface area contributed by atoms with Gasteiger partial charge in [-0.3, -0.25) is 24.4 Å². The van der Waals surface area contributed by atoms with E-state index in [4.69, 9.17) is 9.73 Å². The fraction of sp³-hybridized carbons (Fsp3) is 0.467. The van der Waals surface area contributed by atoms with Crippen LogP contribution < -0.4 is 10.6 Å². The number of carboxylic acid groups (broad SMARTS) is 1. The average molecular weight is 663 g/mol. The van der Waals surface area contributed by atoms with E-state index >= 15 is 8.78 Å². The van der Waals surface area contributed by atoms with Gasteiger partial charge >= 0.3 is 18.0 Å². The first kappa shape index (κ1) is 33.1. The molecule has 0 spiro atoms. The second kappa shape index (κ2) is 12.5. The summed E-state index contributed by atoms with van der Waals surface area (Å²) < 4.78 is 51.1. The number of halogens is 3. The third-order valence-electron chi connectivity index (χ3n) is 8.35. The van der Waals surface area contributed by atoms with Crippen molar-refractivity contribution in [1.29, 1.82) is 0 Å². The van der Waals surface area contributed by atoms with Gasteiger partial charge in [0, 0.05) is 43.0 Å². The van der Waals surface area contributed by atoms with Gasteiger partial charge in [0.2, 0.25) is 5.91 Å². The Morgan fingerprint density at radius 2 is 2.02 bits per heavy atom. The Labute approximate surface area is 266 Å². The Kier molecular flexibility index (Phi) is 8.96. The van der Waals surface area contributed by atoms with Crippen molar-refractivity contribution in [3.8, 4) is 0 Å². The second-order valence-corrected chi connectivity index (χ2v) is 12.8. The summed E-state index contributed by atoms with van der Waals surface area (Å²) in [6, 6.07) is 1.18. The van der Waals surface area contributed by atoms with E-state index in [0.29, 0.717) is 15.5 Å². The Bertz CT molecular complexity index is 1630. The van der Waals surface area contributed by atoms with E-state index in [1.165, 1.54) is 42.2 Å². The van der Waals surface area contributed by atoms with Crippen molar-refractivity contribution >= 4 is 41.0 Å².